The Kier molecular flexibility index (Phi) is 6.08. The molecule has 0 unspecified atom stereocenters. The molecule has 0 saturated heterocycles. The maximum Gasteiger partial charge on any atom is 0.246 e. The molecule has 2 aromatic carbocycles. The van der Waals surface area contributed by atoms with Crippen molar-refractivity contribution in [3.05, 3.63) is 59.4 Å². The van der Waals surface area contributed by atoms with Crippen LogP contribution in [0.15, 0.2) is 42.5 Å². The Hall–Kier alpha value is -2.86. The molecule has 6 nitrogen and oxygen atoms in total. The third-order valence-corrected chi connectivity index (χ3v) is 4.58. The van der Waals surface area contributed by atoms with E-state index >= 15 is 0 Å². The van der Waals surface area contributed by atoms with E-state index in [1.54, 1.807) is 0 Å². The van der Waals surface area contributed by atoms with E-state index < -0.39 is 0 Å². The Morgan fingerprint density at radius 1 is 1.15 bits per heavy atom. The minimum atomic E-state index is -0.164. The lowest BCUT2D eigenvalue weighted by Crippen LogP contribution is -2.28. The van der Waals surface area contributed by atoms with Gasteiger partial charge in [0.05, 0.1) is 24.1 Å². The molecular formula is C21H25N3O3. The van der Waals surface area contributed by atoms with Gasteiger partial charge in [-0.3, -0.25) is 4.79 Å². The summed E-state index contributed by atoms with van der Waals surface area (Å²) in [6, 6.07) is 14.0. The SMILES string of the molecule is COCC(=O)NCc1nc2ccccc2n1CCOc1cccc(C)c1C. The molecule has 0 aliphatic heterocycles. The minimum absolute atomic E-state index is 0.0377. The van der Waals surface area contributed by atoms with Crippen molar-refractivity contribution >= 4 is 16.9 Å². The molecule has 1 heterocycles. The van der Waals surface area contributed by atoms with Crippen molar-refractivity contribution in [2.75, 3.05) is 20.3 Å². The van der Waals surface area contributed by atoms with E-state index in [1.807, 2.05) is 36.4 Å². The number of para-hydroxylation sites is 2. The number of ether oxygens (including phenoxy) is 2. The Morgan fingerprint density at radius 2 is 1.96 bits per heavy atom. The number of fused-ring (bicyclic) bond motifs is 1. The van der Waals surface area contributed by atoms with Crippen LogP contribution in [0, 0.1) is 13.8 Å². The lowest BCUT2D eigenvalue weighted by atomic mass is 10.1. The van der Waals surface area contributed by atoms with Crippen molar-refractivity contribution in [1.29, 1.82) is 0 Å². The van der Waals surface area contributed by atoms with Gasteiger partial charge in [-0.15, -0.1) is 0 Å². The molecule has 0 spiro atoms. The number of hydrogen-bond acceptors (Lipinski definition) is 4. The average molecular weight is 367 g/mol. The van der Waals surface area contributed by atoms with Gasteiger partial charge in [0.2, 0.25) is 5.91 Å². The van der Waals surface area contributed by atoms with E-state index in [0.717, 1.165) is 28.2 Å². The Balaban J connectivity index is 1.74. The minimum Gasteiger partial charge on any atom is -0.491 e. The number of nitrogens with one attached hydrogen (secondary N) is 1. The van der Waals surface area contributed by atoms with E-state index in [1.165, 1.54) is 12.7 Å². The Labute approximate surface area is 159 Å². The molecule has 1 amide bonds. The molecule has 27 heavy (non-hydrogen) atoms. The van der Waals surface area contributed by atoms with Crippen LogP contribution in [-0.4, -0.2) is 35.8 Å². The number of rotatable bonds is 8. The zero-order valence-electron chi connectivity index (χ0n) is 16.0. The summed E-state index contributed by atoms with van der Waals surface area (Å²) in [5.74, 6) is 1.53. The highest BCUT2D eigenvalue weighted by atomic mass is 16.5. The number of hydrogen-bond donors (Lipinski definition) is 1. The standard InChI is InChI=1S/C21H25N3O3/c1-15-7-6-10-19(16(15)2)27-12-11-24-18-9-5-4-8-17(18)23-20(24)13-22-21(25)14-26-3/h4-10H,11-14H2,1-3H3,(H,22,25). The van der Waals surface area contributed by atoms with E-state index in [-0.39, 0.29) is 12.5 Å². The van der Waals surface area contributed by atoms with Gasteiger partial charge in [-0.1, -0.05) is 24.3 Å². The molecule has 0 bridgehead atoms. The topological polar surface area (TPSA) is 65.4 Å². The molecule has 0 aliphatic carbocycles. The van der Waals surface area contributed by atoms with Gasteiger partial charge in [-0.25, -0.2) is 4.98 Å². The molecule has 0 aliphatic rings. The second kappa shape index (κ2) is 8.68. The van der Waals surface area contributed by atoms with Crippen LogP contribution in [0.25, 0.3) is 11.0 Å². The number of aromatic nitrogens is 2. The third kappa shape index (κ3) is 4.46. The zero-order valence-corrected chi connectivity index (χ0v) is 16.0. The number of amides is 1. The number of imidazole rings is 1. The van der Waals surface area contributed by atoms with Crippen LogP contribution in [0.2, 0.25) is 0 Å². The molecule has 0 saturated carbocycles. The van der Waals surface area contributed by atoms with Crippen molar-refractivity contribution in [2.24, 2.45) is 0 Å². The fraction of sp³-hybridized carbons (Fsp3) is 0.333. The lowest BCUT2D eigenvalue weighted by Gasteiger charge is -2.13. The largest absolute Gasteiger partial charge is 0.491 e. The van der Waals surface area contributed by atoms with Crippen LogP contribution in [0.1, 0.15) is 17.0 Å². The highest BCUT2D eigenvalue weighted by Crippen LogP contribution is 2.21. The lowest BCUT2D eigenvalue weighted by molar-refractivity contribution is -0.124. The predicted molar refractivity (Wildman–Crippen MR) is 105 cm³/mol. The van der Waals surface area contributed by atoms with Gasteiger partial charge in [0.25, 0.3) is 0 Å². The second-order valence-electron chi connectivity index (χ2n) is 6.42. The Bertz CT molecular complexity index is 934. The average Bonchev–Trinajstić information content (AvgIpc) is 3.01. The van der Waals surface area contributed by atoms with Crippen LogP contribution < -0.4 is 10.1 Å². The number of carbonyl (C=O) groups is 1. The number of methoxy groups -OCH3 is 1. The van der Waals surface area contributed by atoms with Gasteiger partial charge >= 0.3 is 0 Å². The van der Waals surface area contributed by atoms with Gasteiger partial charge < -0.3 is 19.4 Å². The highest BCUT2D eigenvalue weighted by Gasteiger charge is 2.12. The number of nitrogens with zero attached hydrogens (tertiary/aromatic N) is 2. The van der Waals surface area contributed by atoms with Gasteiger partial charge in [0.15, 0.2) is 0 Å². The first kappa shape index (κ1) is 18.9. The van der Waals surface area contributed by atoms with Gasteiger partial charge in [0.1, 0.15) is 24.8 Å². The van der Waals surface area contributed by atoms with Crippen LogP contribution in [0.5, 0.6) is 5.75 Å². The monoisotopic (exact) mass is 367 g/mol. The van der Waals surface area contributed by atoms with Gasteiger partial charge in [-0.2, -0.15) is 0 Å². The smallest absolute Gasteiger partial charge is 0.246 e. The fourth-order valence-corrected chi connectivity index (χ4v) is 3.00. The van der Waals surface area contributed by atoms with E-state index in [4.69, 9.17) is 9.47 Å². The zero-order chi connectivity index (χ0) is 19.2. The summed E-state index contributed by atoms with van der Waals surface area (Å²) in [6.45, 7) is 5.68. The van der Waals surface area contributed by atoms with Crippen LogP contribution in [0.3, 0.4) is 0 Å². The maximum absolute atomic E-state index is 11.7. The molecular weight excluding hydrogens is 342 g/mol. The molecule has 142 valence electrons. The number of aryl methyl sites for hydroxylation is 1. The Morgan fingerprint density at radius 3 is 2.78 bits per heavy atom. The molecule has 3 aromatic rings. The quantitative estimate of drug-likeness (QED) is 0.665. The summed E-state index contributed by atoms with van der Waals surface area (Å²) >= 11 is 0. The first-order valence-electron chi connectivity index (χ1n) is 8.99. The maximum atomic E-state index is 11.7. The van der Waals surface area contributed by atoms with Crippen molar-refractivity contribution in [2.45, 2.75) is 26.9 Å². The van der Waals surface area contributed by atoms with Crippen LogP contribution in [0.4, 0.5) is 0 Å². The first-order valence-corrected chi connectivity index (χ1v) is 8.99. The summed E-state index contributed by atoms with van der Waals surface area (Å²) in [5, 5.41) is 2.84. The summed E-state index contributed by atoms with van der Waals surface area (Å²) < 4.78 is 13.0. The highest BCUT2D eigenvalue weighted by molar-refractivity contribution is 5.78. The summed E-state index contributed by atoms with van der Waals surface area (Å²) in [5.41, 5.74) is 4.29. The normalized spacial score (nSPS) is 10.9. The van der Waals surface area contributed by atoms with Crippen LogP contribution in [-0.2, 0) is 22.6 Å². The summed E-state index contributed by atoms with van der Waals surface area (Å²) in [4.78, 5) is 16.4. The molecule has 0 fully saturated rings. The van der Waals surface area contributed by atoms with E-state index in [0.29, 0.717) is 19.7 Å². The number of carbonyl (C=O) groups excluding carboxylic acids is 1. The van der Waals surface area contributed by atoms with Gasteiger partial charge in [0, 0.05) is 7.11 Å². The van der Waals surface area contributed by atoms with Crippen molar-refractivity contribution < 1.29 is 14.3 Å². The van der Waals surface area contributed by atoms with E-state index in [2.05, 4.69) is 34.8 Å². The molecule has 0 radical (unpaired) electrons. The first-order chi connectivity index (χ1) is 13.1. The summed E-state index contributed by atoms with van der Waals surface area (Å²) in [6.07, 6.45) is 0. The van der Waals surface area contributed by atoms with Crippen molar-refractivity contribution in [3.63, 3.8) is 0 Å². The molecule has 1 aromatic heterocycles. The molecule has 1 N–H and O–H groups in total. The second-order valence-corrected chi connectivity index (χ2v) is 6.42. The molecule has 6 heteroatoms. The fourth-order valence-electron chi connectivity index (χ4n) is 3.00. The van der Waals surface area contributed by atoms with Gasteiger partial charge in [-0.05, 0) is 43.2 Å². The molecule has 0 atom stereocenters. The van der Waals surface area contributed by atoms with Crippen molar-refractivity contribution in [1.82, 2.24) is 14.9 Å². The third-order valence-electron chi connectivity index (χ3n) is 4.58. The van der Waals surface area contributed by atoms with Crippen LogP contribution >= 0.6 is 0 Å². The predicted octanol–water partition coefficient (Wildman–Crippen LogP) is 2.99. The van der Waals surface area contributed by atoms with Crippen molar-refractivity contribution in [3.8, 4) is 5.75 Å². The number of benzene rings is 2. The summed E-state index contributed by atoms with van der Waals surface area (Å²) in [7, 11) is 1.50. The van der Waals surface area contributed by atoms with E-state index in [9.17, 15) is 4.79 Å². The molecule has 3 rings (SSSR count).